The van der Waals surface area contributed by atoms with Crippen molar-refractivity contribution < 1.29 is 19.1 Å². The number of ether oxygens (including phenoxy) is 2. The molecule has 0 aliphatic carbocycles. The Labute approximate surface area is 277 Å². The van der Waals surface area contributed by atoms with E-state index in [1.165, 1.54) is 12.0 Å². The molecule has 3 N–H and O–H groups in total. The number of benzene rings is 4. The number of morpholine rings is 1. The van der Waals surface area contributed by atoms with Gasteiger partial charge in [-0.3, -0.25) is 4.79 Å². The first kappa shape index (κ1) is 32.8. The summed E-state index contributed by atoms with van der Waals surface area (Å²) in [7, 11) is 1.30. The first-order chi connectivity index (χ1) is 22.0. The molecule has 1 fully saturated rings. The largest absolute Gasteiger partial charge is 0.453 e. The highest BCUT2D eigenvalue weighted by molar-refractivity contribution is 9.10. The monoisotopic (exact) mass is 687 g/mol. The fraction of sp³-hybridized carbons (Fsp3) is 0.278. The summed E-state index contributed by atoms with van der Waals surface area (Å²) in [5, 5.41) is 9.47. The summed E-state index contributed by atoms with van der Waals surface area (Å²) in [5.41, 5.74) is 3.53. The van der Waals surface area contributed by atoms with Crippen molar-refractivity contribution in [3.63, 3.8) is 0 Å². The van der Waals surface area contributed by atoms with E-state index in [0.29, 0.717) is 5.69 Å². The zero-order valence-electron chi connectivity index (χ0n) is 25.2. The maximum absolute atomic E-state index is 14.0. The molecule has 1 saturated heterocycles. The lowest BCUT2D eigenvalue weighted by Crippen LogP contribution is -2.48. The normalized spacial score (nSPS) is 17.0. The van der Waals surface area contributed by atoms with Crippen LogP contribution in [0.2, 0.25) is 0 Å². The Balaban J connectivity index is 1.27. The van der Waals surface area contributed by atoms with Gasteiger partial charge in [0.25, 0.3) is 0 Å². The molecule has 0 radical (unpaired) electrons. The van der Waals surface area contributed by atoms with Gasteiger partial charge in [-0.25, -0.2) is 4.79 Å². The van der Waals surface area contributed by atoms with E-state index in [-0.39, 0.29) is 18.1 Å². The Kier molecular flexibility index (Phi) is 12.1. The number of hydrogen-bond donors (Lipinski definition) is 3. The molecule has 4 aromatic rings. The van der Waals surface area contributed by atoms with E-state index >= 15 is 0 Å². The molecule has 2 amide bonds. The number of thioether (sulfide) groups is 1. The Morgan fingerprint density at radius 1 is 0.911 bits per heavy atom. The van der Waals surface area contributed by atoms with Crippen molar-refractivity contribution >= 4 is 45.4 Å². The smallest absolute Gasteiger partial charge is 0.407 e. The van der Waals surface area contributed by atoms with Crippen LogP contribution in [0.3, 0.4) is 0 Å². The van der Waals surface area contributed by atoms with Crippen LogP contribution >= 0.6 is 27.7 Å². The summed E-state index contributed by atoms with van der Waals surface area (Å²) in [6.07, 6.45) is 1.03. The molecular formula is C36H38BrN3O4S. The minimum atomic E-state index is -0.926. The van der Waals surface area contributed by atoms with Gasteiger partial charge in [0.05, 0.1) is 19.3 Å². The van der Waals surface area contributed by atoms with Crippen LogP contribution < -0.4 is 16.0 Å². The van der Waals surface area contributed by atoms with Crippen molar-refractivity contribution in [2.75, 3.05) is 31.3 Å². The number of hydrogen-bond acceptors (Lipinski definition) is 6. The molecule has 7 nitrogen and oxygen atoms in total. The summed E-state index contributed by atoms with van der Waals surface area (Å²) < 4.78 is 12.5. The van der Waals surface area contributed by atoms with Crippen LogP contribution in [-0.4, -0.2) is 56.2 Å². The Morgan fingerprint density at radius 2 is 1.58 bits per heavy atom. The number of amides is 2. The third-order valence-electron chi connectivity index (χ3n) is 7.76. The van der Waals surface area contributed by atoms with Crippen molar-refractivity contribution in [2.45, 2.75) is 41.9 Å². The number of anilines is 1. The molecule has 1 heterocycles. The predicted molar refractivity (Wildman–Crippen MR) is 184 cm³/mol. The van der Waals surface area contributed by atoms with Gasteiger partial charge in [0.2, 0.25) is 5.91 Å². The maximum Gasteiger partial charge on any atom is 0.407 e. The average Bonchev–Trinajstić information content (AvgIpc) is 3.08. The van der Waals surface area contributed by atoms with E-state index in [2.05, 4.69) is 44.0 Å². The maximum atomic E-state index is 14.0. The lowest BCUT2D eigenvalue weighted by Gasteiger charge is -2.31. The third-order valence-corrected chi connectivity index (χ3v) is 9.38. The van der Waals surface area contributed by atoms with Gasteiger partial charge in [0, 0.05) is 39.8 Å². The number of methoxy groups -OCH3 is 1. The molecule has 45 heavy (non-hydrogen) atoms. The molecule has 0 unspecified atom stereocenters. The van der Waals surface area contributed by atoms with Crippen LogP contribution in [0.5, 0.6) is 0 Å². The quantitative estimate of drug-likeness (QED) is 0.139. The number of halogens is 1. The third kappa shape index (κ3) is 9.43. The summed E-state index contributed by atoms with van der Waals surface area (Å²) >= 11 is 5.34. The number of para-hydroxylation sites is 1. The topological polar surface area (TPSA) is 88.7 Å². The van der Waals surface area contributed by atoms with E-state index in [1.54, 1.807) is 11.8 Å². The van der Waals surface area contributed by atoms with Gasteiger partial charge in [-0.1, -0.05) is 101 Å². The summed E-state index contributed by atoms with van der Waals surface area (Å²) in [6, 6.07) is 34.6. The lowest BCUT2D eigenvalue weighted by molar-refractivity contribution is -0.118. The van der Waals surface area contributed by atoms with E-state index < -0.39 is 18.1 Å². The summed E-state index contributed by atoms with van der Waals surface area (Å²) in [4.78, 5) is 27.8. The summed E-state index contributed by atoms with van der Waals surface area (Å²) in [6.45, 7) is 1.61. The second-order valence-electron chi connectivity index (χ2n) is 10.9. The first-order valence-corrected chi connectivity index (χ1v) is 16.9. The minimum Gasteiger partial charge on any atom is -0.453 e. The highest BCUT2D eigenvalue weighted by Crippen LogP contribution is 2.30. The van der Waals surface area contributed by atoms with E-state index in [9.17, 15) is 9.59 Å². The van der Waals surface area contributed by atoms with Gasteiger partial charge in [-0.2, -0.15) is 0 Å². The average molecular weight is 689 g/mol. The fourth-order valence-electron chi connectivity index (χ4n) is 5.56. The number of carbonyl (C=O) groups is 2. The zero-order valence-corrected chi connectivity index (χ0v) is 27.6. The van der Waals surface area contributed by atoms with Gasteiger partial charge >= 0.3 is 6.09 Å². The van der Waals surface area contributed by atoms with Crippen LogP contribution in [-0.2, 0) is 20.7 Å². The van der Waals surface area contributed by atoms with Gasteiger partial charge in [-0.05, 0) is 53.8 Å². The minimum absolute atomic E-state index is 0.0601. The molecule has 1 aliphatic heterocycles. The van der Waals surface area contributed by atoms with Crippen molar-refractivity contribution in [3.05, 3.63) is 130 Å². The van der Waals surface area contributed by atoms with Crippen LogP contribution in [0.4, 0.5) is 10.5 Å². The van der Waals surface area contributed by atoms with Crippen LogP contribution in [0.1, 0.15) is 29.0 Å². The molecule has 0 spiro atoms. The van der Waals surface area contributed by atoms with Crippen LogP contribution in [0.15, 0.2) is 119 Å². The molecule has 5 rings (SSSR count). The van der Waals surface area contributed by atoms with Gasteiger partial charge in [0.15, 0.2) is 0 Å². The van der Waals surface area contributed by atoms with Crippen molar-refractivity contribution in [1.29, 1.82) is 0 Å². The van der Waals surface area contributed by atoms with E-state index in [1.807, 2.05) is 97.1 Å². The molecule has 234 valence electrons. The van der Waals surface area contributed by atoms with Gasteiger partial charge in [-0.15, -0.1) is 11.8 Å². The highest BCUT2D eigenvalue weighted by Gasteiger charge is 2.33. The molecule has 9 heteroatoms. The molecular weight excluding hydrogens is 650 g/mol. The molecule has 0 aromatic heterocycles. The van der Waals surface area contributed by atoms with Gasteiger partial charge < -0.3 is 25.4 Å². The number of rotatable bonds is 12. The molecule has 0 bridgehead atoms. The van der Waals surface area contributed by atoms with E-state index in [4.69, 9.17) is 9.47 Å². The standard InChI is InChI=1S/C36H38BrN3O4S/c1-43-36(42)40-34(33(26-12-4-2-5-13-26)27-14-6-3-7-15-27)35(41)39-32-18-9-8-11-25(32)19-20-29-22-38-23-30(44-29)24-45-31-17-10-16-28(37)21-31/h2-18,21,29-30,33-34,38H,19-20,22-24H2,1H3,(H,39,41)(H,40,42)/t29-,30+,34+/m1/s1. The van der Waals surface area contributed by atoms with Crippen molar-refractivity contribution in [2.24, 2.45) is 0 Å². The summed E-state index contributed by atoms with van der Waals surface area (Å²) in [5.74, 6) is 0.100. The highest BCUT2D eigenvalue weighted by atomic mass is 79.9. The number of carbonyl (C=O) groups excluding carboxylic acids is 2. The van der Waals surface area contributed by atoms with Gasteiger partial charge in [0.1, 0.15) is 6.04 Å². The Morgan fingerprint density at radius 3 is 2.27 bits per heavy atom. The predicted octanol–water partition coefficient (Wildman–Crippen LogP) is 7.03. The Hall–Kier alpha value is -3.63. The van der Waals surface area contributed by atoms with Crippen LogP contribution in [0.25, 0.3) is 0 Å². The van der Waals surface area contributed by atoms with Crippen molar-refractivity contribution in [1.82, 2.24) is 10.6 Å². The van der Waals surface area contributed by atoms with Crippen LogP contribution in [0, 0.1) is 0 Å². The zero-order chi connectivity index (χ0) is 31.4. The second kappa shape index (κ2) is 16.6. The lowest BCUT2D eigenvalue weighted by atomic mass is 9.84. The molecule has 0 saturated carbocycles. The fourth-order valence-corrected chi connectivity index (χ4v) is 7.07. The van der Waals surface area contributed by atoms with Crippen molar-refractivity contribution in [3.8, 4) is 0 Å². The number of alkyl carbamates (subject to hydrolysis) is 1. The first-order valence-electron chi connectivity index (χ1n) is 15.1. The molecule has 4 aromatic carbocycles. The SMILES string of the molecule is COC(=O)N[C@H](C(=O)Nc1ccccc1CC[C@@H]1CNC[C@@H](CSc2cccc(Br)c2)O1)C(c1ccccc1)c1ccccc1. The number of nitrogens with one attached hydrogen (secondary N) is 3. The van der Waals surface area contributed by atoms with E-state index in [0.717, 1.165) is 52.8 Å². The molecule has 3 atom stereocenters. The second-order valence-corrected chi connectivity index (χ2v) is 12.9. The molecule has 1 aliphatic rings. The Bertz CT molecular complexity index is 1500. The number of aryl methyl sites for hydroxylation is 1.